The highest BCUT2D eigenvalue weighted by atomic mass is 32.2. The molecule has 1 fully saturated rings. The average Bonchev–Trinajstić information content (AvgIpc) is 3.13. The molecular formula is C19H19FN2O5S. The Morgan fingerprint density at radius 3 is 2.57 bits per heavy atom. The number of hydrogen-bond acceptors (Lipinski definition) is 4. The zero-order valence-corrected chi connectivity index (χ0v) is 15.9. The van der Waals surface area contributed by atoms with Crippen molar-refractivity contribution in [3.8, 4) is 11.1 Å². The van der Waals surface area contributed by atoms with E-state index in [9.17, 15) is 22.4 Å². The molecule has 0 saturated carbocycles. The third-order valence-corrected chi connectivity index (χ3v) is 5.78. The summed E-state index contributed by atoms with van der Waals surface area (Å²) in [7, 11) is -3.50. The van der Waals surface area contributed by atoms with Crippen LogP contribution >= 0.6 is 0 Å². The molecule has 0 radical (unpaired) electrons. The Hall–Kier alpha value is -2.94. The van der Waals surface area contributed by atoms with Gasteiger partial charge in [-0.3, -0.25) is 9.69 Å². The summed E-state index contributed by atoms with van der Waals surface area (Å²) in [4.78, 5) is 24.6. The molecule has 1 atom stereocenters. The van der Waals surface area contributed by atoms with Gasteiger partial charge < -0.3 is 10.4 Å². The first-order chi connectivity index (χ1) is 13.2. The van der Waals surface area contributed by atoms with Crippen molar-refractivity contribution < 1.29 is 27.5 Å². The lowest BCUT2D eigenvalue weighted by atomic mass is 10.0. The summed E-state index contributed by atoms with van der Waals surface area (Å²) in [6, 6.07) is 9.38. The van der Waals surface area contributed by atoms with Crippen LogP contribution in [0.15, 0.2) is 47.4 Å². The van der Waals surface area contributed by atoms with Crippen LogP contribution in [-0.4, -0.2) is 49.3 Å². The average molecular weight is 406 g/mol. The normalized spacial score (nSPS) is 16.8. The van der Waals surface area contributed by atoms with Gasteiger partial charge >= 0.3 is 6.09 Å². The molecule has 3 rings (SSSR count). The van der Waals surface area contributed by atoms with E-state index in [2.05, 4.69) is 5.32 Å². The molecule has 1 heterocycles. The summed E-state index contributed by atoms with van der Waals surface area (Å²) in [6.45, 7) is 0.261. The quantitative estimate of drug-likeness (QED) is 0.812. The highest BCUT2D eigenvalue weighted by molar-refractivity contribution is 7.90. The van der Waals surface area contributed by atoms with Gasteiger partial charge in [0.25, 0.3) is 0 Å². The van der Waals surface area contributed by atoms with Crippen LogP contribution in [0.5, 0.6) is 0 Å². The second kappa shape index (κ2) is 7.59. The van der Waals surface area contributed by atoms with Crippen molar-refractivity contribution in [3.05, 3.63) is 48.3 Å². The van der Waals surface area contributed by atoms with Crippen LogP contribution in [0.3, 0.4) is 0 Å². The molecule has 7 nitrogen and oxygen atoms in total. The molecule has 0 aromatic heterocycles. The van der Waals surface area contributed by atoms with Gasteiger partial charge in [-0.05, 0) is 36.6 Å². The van der Waals surface area contributed by atoms with Crippen molar-refractivity contribution >= 4 is 27.5 Å². The first kappa shape index (κ1) is 19.8. The highest BCUT2D eigenvalue weighted by Crippen LogP contribution is 2.30. The maximum absolute atomic E-state index is 14.6. The van der Waals surface area contributed by atoms with Crippen molar-refractivity contribution in [1.29, 1.82) is 0 Å². The second-order valence-electron chi connectivity index (χ2n) is 6.59. The van der Waals surface area contributed by atoms with Crippen LogP contribution in [0.4, 0.5) is 14.9 Å². The number of carbonyl (C=O) groups excluding carboxylic acids is 1. The van der Waals surface area contributed by atoms with Crippen molar-refractivity contribution in [2.75, 3.05) is 18.1 Å². The van der Waals surface area contributed by atoms with Crippen LogP contribution < -0.4 is 5.32 Å². The van der Waals surface area contributed by atoms with Gasteiger partial charge in [-0.25, -0.2) is 17.6 Å². The predicted octanol–water partition coefficient (Wildman–Crippen LogP) is 2.98. The number of anilines is 1. The van der Waals surface area contributed by atoms with E-state index in [1.54, 1.807) is 18.2 Å². The summed E-state index contributed by atoms with van der Waals surface area (Å²) in [6.07, 6.45) is 0.825. The van der Waals surface area contributed by atoms with E-state index < -0.39 is 33.7 Å². The number of sulfone groups is 1. The van der Waals surface area contributed by atoms with Gasteiger partial charge in [-0.1, -0.05) is 24.3 Å². The van der Waals surface area contributed by atoms with E-state index in [0.717, 1.165) is 17.2 Å². The van der Waals surface area contributed by atoms with E-state index in [1.165, 1.54) is 18.2 Å². The number of benzene rings is 2. The Morgan fingerprint density at radius 2 is 1.93 bits per heavy atom. The molecule has 0 bridgehead atoms. The van der Waals surface area contributed by atoms with E-state index in [4.69, 9.17) is 5.11 Å². The third-order valence-electron chi connectivity index (χ3n) is 4.63. The molecule has 2 aromatic rings. The lowest BCUT2D eigenvalue weighted by molar-refractivity contribution is -0.119. The largest absolute Gasteiger partial charge is 0.465 e. The molecule has 0 spiro atoms. The molecular weight excluding hydrogens is 387 g/mol. The Morgan fingerprint density at radius 1 is 1.21 bits per heavy atom. The number of hydrogen-bond donors (Lipinski definition) is 2. The molecule has 1 aliphatic heterocycles. The number of halogens is 1. The van der Waals surface area contributed by atoms with Gasteiger partial charge in [0.1, 0.15) is 11.9 Å². The summed E-state index contributed by atoms with van der Waals surface area (Å²) >= 11 is 0. The fourth-order valence-electron chi connectivity index (χ4n) is 3.30. The molecule has 0 aliphatic carbocycles. The van der Waals surface area contributed by atoms with E-state index >= 15 is 0 Å². The fourth-order valence-corrected chi connectivity index (χ4v) is 4.21. The molecule has 9 heteroatoms. The van der Waals surface area contributed by atoms with Crippen LogP contribution in [0.2, 0.25) is 0 Å². The molecule has 2 amide bonds. The number of rotatable bonds is 4. The first-order valence-corrected chi connectivity index (χ1v) is 10.5. The minimum atomic E-state index is -3.50. The van der Waals surface area contributed by atoms with Crippen molar-refractivity contribution in [3.63, 3.8) is 0 Å². The summed E-state index contributed by atoms with van der Waals surface area (Å²) in [5.74, 6) is -1.34. The van der Waals surface area contributed by atoms with Gasteiger partial charge in [0, 0.05) is 18.4 Å². The van der Waals surface area contributed by atoms with Crippen molar-refractivity contribution in [2.24, 2.45) is 0 Å². The molecule has 1 saturated heterocycles. The monoisotopic (exact) mass is 406 g/mol. The SMILES string of the molecule is CS(=O)(=O)c1ccccc1-c1ccc(NC(=O)C2CCCN2C(=O)O)c(F)c1. The Labute approximate surface area is 161 Å². The standard InChI is InChI=1S/C19H19FN2O5S/c1-28(26,27)17-7-3-2-5-13(17)12-8-9-15(14(20)11-12)21-18(23)16-6-4-10-22(16)19(24)25/h2-3,5,7-9,11,16H,4,6,10H2,1H3,(H,21,23)(H,24,25). The zero-order valence-electron chi connectivity index (χ0n) is 15.1. The van der Waals surface area contributed by atoms with E-state index in [1.807, 2.05) is 0 Å². The number of nitrogens with one attached hydrogen (secondary N) is 1. The van der Waals surface area contributed by atoms with Gasteiger partial charge in [0.2, 0.25) is 5.91 Å². The number of carboxylic acid groups (broad SMARTS) is 1. The Kier molecular flexibility index (Phi) is 5.37. The molecule has 1 unspecified atom stereocenters. The molecule has 28 heavy (non-hydrogen) atoms. The second-order valence-corrected chi connectivity index (χ2v) is 8.57. The van der Waals surface area contributed by atoms with E-state index in [0.29, 0.717) is 24.0 Å². The maximum atomic E-state index is 14.6. The number of nitrogens with zero attached hydrogens (tertiary/aromatic N) is 1. The van der Waals surface area contributed by atoms with Gasteiger partial charge in [-0.15, -0.1) is 0 Å². The Balaban J connectivity index is 1.86. The maximum Gasteiger partial charge on any atom is 0.407 e. The van der Waals surface area contributed by atoms with Crippen LogP contribution in [0.25, 0.3) is 11.1 Å². The molecule has 2 aromatic carbocycles. The number of likely N-dealkylation sites (tertiary alicyclic amines) is 1. The molecule has 1 aliphatic rings. The highest BCUT2D eigenvalue weighted by Gasteiger charge is 2.34. The lowest BCUT2D eigenvalue weighted by Gasteiger charge is -2.21. The summed E-state index contributed by atoms with van der Waals surface area (Å²) < 4.78 is 38.5. The zero-order chi connectivity index (χ0) is 20.5. The minimum absolute atomic E-state index is 0.0780. The summed E-state index contributed by atoms with van der Waals surface area (Å²) in [5.41, 5.74) is 0.613. The predicted molar refractivity (Wildman–Crippen MR) is 101 cm³/mol. The van der Waals surface area contributed by atoms with Crippen molar-refractivity contribution in [2.45, 2.75) is 23.8 Å². The van der Waals surface area contributed by atoms with Crippen LogP contribution in [0.1, 0.15) is 12.8 Å². The smallest absolute Gasteiger partial charge is 0.407 e. The topological polar surface area (TPSA) is 104 Å². The first-order valence-electron chi connectivity index (χ1n) is 8.58. The number of amides is 2. The molecule has 148 valence electrons. The third kappa shape index (κ3) is 3.99. The van der Waals surface area contributed by atoms with Gasteiger partial charge in [0.15, 0.2) is 9.84 Å². The minimum Gasteiger partial charge on any atom is -0.465 e. The van der Waals surface area contributed by atoms with Crippen LogP contribution in [0, 0.1) is 5.82 Å². The number of carbonyl (C=O) groups is 2. The van der Waals surface area contributed by atoms with E-state index in [-0.39, 0.29) is 17.1 Å². The summed E-state index contributed by atoms with van der Waals surface area (Å²) in [5, 5.41) is 11.6. The fraction of sp³-hybridized carbons (Fsp3) is 0.263. The Bertz CT molecular complexity index is 1040. The van der Waals surface area contributed by atoms with Gasteiger partial charge in [-0.2, -0.15) is 0 Å². The van der Waals surface area contributed by atoms with Gasteiger partial charge in [0.05, 0.1) is 10.6 Å². The molecule has 2 N–H and O–H groups in total. The lowest BCUT2D eigenvalue weighted by Crippen LogP contribution is -2.42. The van der Waals surface area contributed by atoms with Crippen LogP contribution in [-0.2, 0) is 14.6 Å². The van der Waals surface area contributed by atoms with Crippen molar-refractivity contribution in [1.82, 2.24) is 4.90 Å².